The SMILES string of the molecule is CCOC1(c2noc(C(C)C(C)O)n2)CCC(C)CC1. The van der Waals surface area contributed by atoms with E-state index < -0.39 is 11.7 Å². The molecule has 1 heterocycles. The topological polar surface area (TPSA) is 68.4 Å². The van der Waals surface area contributed by atoms with Crippen LogP contribution < -0.4 is 0 Å². The van der Waals surface area contributed by atoms with Crippen LogP contribution in [0.15, 0.2) is 4.52 Å². The number of rotatable bonds is 5. The largest absolute Gasteiger partial charge is 0.393 e. The van der Waals surface area contributed by atoms with Gasteiger partial charge < -0.3 is 14.4 Å². The summed E-state index contributed by atoms with van der Waals surface area (Å²) in [5.41, 5.74) is -0.401. The molecule has 2 rings (SSSR count). The molecule has 0 aromatic carbocycles. The van der Waals surface area contributed by atoms with Crippen molar-refractivity contribution in [3.05, 3.63) is 11.7 Å². The Bertz CT molecular complexity index is 423. The van der Waals surface area contributed by atoms with Gasteiger partial charge in [-0.25, -0.2) is 0 Å². The van der Waals surface area contributed by atoms with Crippen molar-refractivity contribution in [2.75, 3.05) is 6.61 Å². The predicted molar refractivity (Wildman–Crippen MR) is 75.3 cm³/mol. The molecule has 2 atom stereocenters. The van der Waals surface area contributed by atoms with Crippen LogP contribution in [0.25, 0.3) is 0 Å². The maximum absolute atomic E-state index is 9.64. The van der Waals surface area contributed by atoms with Crippen LogP contribution in [-0.4, -0.2) is 28.0 Å². The first-order chi connectivity index (χ1) is 9.48. The fourth-order valence-electron chi connectivity index (χ4n) is 2.75. The number of hydrogen-bond donors (Lipinski definition) is 1. The van der Waals surface area contributed by atoms with Crippen LogP contribution in [0.5, 0.6) is 0 Å². The van der Waals surface area contributed by atoms with Crippen LogP contribution in [0.3, 0.4) is 0 Å². The first-order valence-electron chi connectivity index (χ1n) is 7.64. The molecule has 0 spiro atoms. The van der Waals surface area contributed by atoms with E-state index in [4.69, 9.17) is 9.26 Å². The van der Waals surface area contributed by atoms with Gasteiger partial charge >= 0.3 is 0 Å². The number of hydrogen-bond acceptors (Lipinski definition) is 5. The lowest BCUT2D eigenvalue weighted by Crippen LogP contribution is -2.35. The third-order valence-corrected chi connectivity index (χ3v) is 4.46. The summed E-state index contributed by atoms with van der Waals surface area (Å²) in [6, 6.07) is 0. The van der Waals surface area contributed by atoms with Gasteiger partial charge in [-0.2, -0.15) is 4.98 Å². The highest BCUT2D eigenvalue weighted by Crippen LogP contribution is 2.41. The molecular formula is C15H26N2O3. The van der Waals surface area contributed by atoms with Crippen LogP contribution in [0.1, 0.15) is 71.0 Å². The number of aliphatic hydroxyl groups excluding tert-OH is 1. The van der Waals surface area contributed by atoms with Gasteiger partial charge in [0.1, 0.15) is 5.60 Å². The van der Waals surface area contributed by atoms with Crippen molar-refractivity contribution < 1.29 is 14.4 Å². The average Bonchev–Trinajstić information content (AvgIpc) is 2.91. The summed E-state index contributed by atoms with van der Waals surface area (Å²) in [4.78, 5) is 4.51. The molecule has 2 unspecified atom stereocenters. The maximum Gasteiger partial charge on any atom is 0.232 e. The average molecular weight is 282 g/mol. The molecule has 1 aromatic rings. The fourth-order valence-corrected chi connectivity index (χ4v) is 2.75. The van der Waals surface area contributed by atoms with Gasteiger partial charge in [-0.3, -0.25) is 0 Å². The molecule has 0 bridgehead atoms. The molecule has 1 saturated carbocycles. The normalized spacial score (nSPS) is 30.1. The Balaban J connectivity index is 2.22. The van der Waals surface area contributed by atoms with Crippen molar-refractivity contribution in [2.45, 2.75) is 71.0 Å². The minimum absolute atomic E-state index is 0.155. The second-order valence-corrected chi connectivity index (χ2v) is 6.10. The molecule has 1 aliphatic carbocycles. The third kappa shape index (κ3) is 3.04. The second-order valence-electron chi connectivity index (χ2n) is 6.10. The zero-order valence-corrected chi connectivity index (χ0v) is 12.9. The maximum atomic E-state index is 9.64. The van der Waals surface area contributed by atoms with Crippen LogP contribution in [0.2, 0.25) is 0 Å². The molecular weight excluding hydrogens is 256 g/mol. The van der Waals surface area contributed by atoms with Gasteiger partial charge in [-0.1, -0.05) is 19.0 Å². The quantitative estimate of drug-likeness (QED) is 0.899. The lowest BCUT2D eigenvalue weighted by Gasteiger charge is -2.36. The Morgan fingerprint density at radius 3 is 2.60 bits per heavy atom. The fraction of sp³-hybridized carbons (Fsp3) is 0.867. The van der Waals surface area contributed by atoms with E-state index in [9.17, 15) is 5.11 Å². The van der Waals surface area contributed by atoms with Gasteiger partial charge in [0.05, 0.1) is 12.0 Å². The van der Waals surface area contributed by atoms with Crippen LogP contribution in [0.4, 0.5) is 0 Å². The summed E-state index contributed by atoms with van der Waals surface area (Å²) in [6.45, 7) is 8.53. The molecule has 5 nitrogen and oxygen atoms in total. The molecule has 0 aliphatic heterocycles. The Labute approximate surface area is 120 Å². The molecule has 0 amide bonds. The van der Waals surface area contributed by atoms with Gasteiger partial charge in [0.25, 0.3) is 0 Å². The molecule has 20 heavy (non-hydrogen) atoms. The lowest BCUT2D eigenvalue weighted by molar-refractivity contribution is -0.0847. The molecule has 1 N–H and O–H groups in total. The summed E-state index contributed by atoms with van der Waals surface area (Å²) in [5.74, 6) is 1.71. The number of nitrogens with zero attached hydrogens (tertiary/aromatic N) is 2. The minimum Gasteiger partial charge on any atom is -0.393 e. The lowest BCUT2D eigenvalue weighted by atomic mass is 9.79. The van der Waals surface area contributed by atoms with Crippen LogP contribution in [0, 0.1) is 5.92 Å². The number of aromatic nitrogens is 2. The number of aliphatic hydroxyl groups is 1. The minimum atomic E-state index is -0.502. The smallest absolute Gasteiger partial charge is 0.232 e. The van der Waals surface area contributed by atoms with E-state index >= 15 is 0 Å². The molecule has 5 heteroatoms. The predicted octanol–water partition coefficient (Wildman–Crippen LogP) is 3.00. The van der Waals surface area contributed by atoms with E-state index in [-0.39, 0.29) is 5.92 Å². The van der Waals surface area contributed by atoms with Crippen molar-refractivity contribution in [3.8, 4) is 0 Å². The molecule has 114 valence electrons. The first kappa shape index (κ1) is 15.4. The Morgan fingerprint density at radius 1 is 1.40 bits per heavy atom. The number of ether oxygens (including phenoxy) is 1. The van der Waals surface area contributed by atoms with Crippen LogP contribution in [-0.2, 0) is 10.3 Å². The highest BCUT2D eigenvalue weighted by atomic mass is 16.5. The van der Waals surface area contributed by atoms with Crippen molar-refractivity contribution >= 4 is 0 Å². The zero-order chi connectivity index (χ0) is 14.8. The van der Waals surface area contributed by atoms with E-state index in [0.717, 1.165) is 31.6 Å². The summed E-state index contributed by atoms with van der Waals surface area (Å²) in [6.07, 6.45) is 3.61. The summed E-state index contributed by atoms with van der Waals surface area (Å²) < 4.78 is 11.3. The monoisotopic (exact) mass is 282 g/mol. The summed E-state index contributed by atoms with van der Waals surface area (Å²) in [7, 11) is 0. The van der Waals surface area contributed by atoms with E-state index in [1.807, 2.05) is 13.8 Å². The van der Waals surface area contributed by atoms with E-state index in [2.05, 4.69) is 17.1 Å². The van der Waals surface area contributed by atoms with Gasteiger partial charge in [0, 0.05) is 6.61 Å². The Kier molecular flexibility index (Phi) is 4.81. The van der Waals surface area contributed by atoms with Crippen molar-refractivity contribution in [1.29, 1.82) is 0 Å². The zero-order valence-electron chi connectivity index (χ0n) is 12.9. The van der Waals surface area contributed by atoms with Gasteiger partial charge in [0.2, 0.25) is 11.7 Å². The molecule has 0 radical (unpaired) electrons. The molecule has 1 fully saturated rings. The molecule has 1 aliphatic rings. The standard InChI is InChI=1S/C15H26N2O3/c1-5-19-15(8-6-10(2)7-9-15)14-16-13(20-17-14)11(3)12(4)18/h10-12,18H,5-9H2,1-4H3. The van der Waals surface area contributed by atoms with Crippen molar-refractivity contribution in [1.82, 2.24) is 10.1 Å². The van der Waals surface area contributed by atoms with Crippen molar-refractivity contribution in [3.63, 3.8) is 0 Å². The van der Waals surface area contributed by atoms with Crippen LogP contribution >= 0.6 is 0 Å². The van der Waals surface area contributed by atoms with E-state index in [1.165, 1.54) is 0 Å². The van der Waals surface area contributed by atoms with Gasteiger partial charge in [0.15, 0.2) is 0 Å². The van der Waals surface area contributed by atoms with Gasteiger partial charge in [-0.15, -0.1) is 0 Å². The highest BCUT2D eigenvalue weighted by molar-refractivity contribution is 5.06. The van der Waals surface area contributed by atoms with Gasteiger partial charge in [-0.05, 0) is 45.4 Å². The molecule has 1 aromatic heterocycles. The highest BCUT2D eigenvalue weighted by Gasteiger charge is 2.41. The summed E-state index contributed by atoms with van der Waals surface area (Å²) >= 11 is 0. The van der Waals surface area contributed by atoms with E-state index in [0.29, 0.717) is 18.3 Å². The Morgan fingerprint density at radius 2 is 2.05 bits per heavy atom. The third-order valence-electron chi connectivity index (χ3n) is 4.46. The summed E-state index contributed by atoms with van der Waals surface area (Å²) in [5, 5.41) is 13.8. The van der Waals surface area contributed by atoms with Crippen molar-refractivity contribution in [2.24, 2.45) is 5.92 Å². The molecule has 0 saturated heterocycles. The first-order valence-corrected chi connectivity index (χ1v) is 7.64. The van der Waals surface area contributed by atoms with E-state index in [1.54, 1.807) is 6.92 Å². The Hall–Kier alpha value is -0.940. The second kappa shape index (κ2) is 6.22.